The van der Waals surface area contributed by atoms with Crippen molar-refractivity contribution in [3.8, 4) is 11.5 Å². The molecule has 0 aliphatic rings. The second-order valence-corrected chi connectivity index (χ2v) is 5.33. The Balaban J connectivity index is 2.16. The Kier molecular flexibility index (Phi) is 5.26. The van der Waals surface area contributed by atoms with Gasteiger partial charge in [-0.05, 0) is 35.9 Å². The van der Waals surface area contributed by atoms with Crippen molar-refractivity contribution in [1.82, 2.24) is 0 Å². The summed E-state index contributed by atoms with van der Waals surface area (Å²) in [5.74, 6) is 1.24. The average Bonchev–Trinajstić information content (AvgIpc) is 2.48. The molecule has 2 aromatic rings. The Morgan fingerprint density at radius 3 is 2.65 bits per heavy atom. The fraction of sp³-hybridized carbons (Fsp3) is 0.200. The lowest BCUT2D eigenvalue weighted by Gasteiger charge is -2.12. The SMILES string of the molecule is COc1cc(CCl)ccc1OCc1cc(Br)ccc1F. The molecule has 0 spiro atoms. The number of benzene rings is 2. The lowest BCUT2D eigenvalue weighted by atomic mass is 10.2. The second-order valence-electron chi connectivity index (χ2n) is 4.14. The van der Waals surface area contributed by atoms with E-state index in [0.717, 1.165) is 10.0 Å². The van der Waals surface area contributed by atoms with Gasteiger partial charge in [-0.15, -0.1) is 11.6 Å². The third-order valence-electron chi connectivity index (χ3n) is 2.77. The first-order chi connectivity index (χ1) is 9.63. The number of ether oxygens (including phenoxy) is 2. The predicted octanol–water partition coefficient (Wildman–Crippen LogP) is 4.91. The van der Waals surface area contributed by atoms with Crippen LogP contribution in [-0.4, -0.2) is 7.11 Å². The Hall–Kier alpha value is -1.26. The van der Waals surface area contributed by atoms with Crippen LogP contribution in [0, 0.1) is 5.82 Å². The zero-order valence-corrected chi connectivity index (χ0v) is 13.2. The van der Waals surface area contributed by atoms with Crippen molar-refractivity contribution < 1.29 is 13.9 Å². The van der Waals surface area contributed by atoms with Gasteiger partial charge in [0.1, 0.15) is 12.4 Å². The van der Waals surface area contributed by atoms with Crippen molar-refractivity contribution in [1.29, 1.82) is 0 Å². The molecule has 0 N–H and O–H groups in total. The first-order valence-corrected chi connectivity index (χ1v) is 7.26. The van der Waals surface area contributed by atoms with E-state index >= 15 is 0 Å². The van der Waals surface area contributed by atoms with E-state index < -0.39 is 0 Å². The highest BCUT2D eigenvalue weighted by Crippen LogP contribution is 2.29. The highest BCUT2D eigenvalue weighted by atomic mass is 79.9. The van der Waals surface area contributed by atoms with Gasteiger partial charge in [-0.3, -0.25) is 0 Å². The van der Waals surface area contributed by atoms with Gasteiger partial charge >= 0.3 is 0 Å². The van der Waals surface area contributed by atoms with Crippen LogP contribution >= 0.6 is 27.5 Å². The highest BCUT2D eigenvalue weighted by Gasteiger charge is 2.08. The molecule has 5 heteroatoms. The van der Waals surface area contributed by atoms with Gasteiger partial charge < -0.3 is 9.47 Å². The van der Waals surface area contributed by atoms with Gasteiger partial charge in [-0.2, -0.15) is 0 Å². The zero-order valence-electron chi connectivity index (χ0n) is 10.8. The highest BCUT2D eigenvalue weighted by molar-refractivity contribution is 9.10. The number of alkyl halides is 1. The summed E-state index contributed by atoms with van der Waals surface area (Å²) in [5, 5.41) is 0. The number of methoxy groups -OCH3 is 1. The van der Waals surface area contributed by atoms with Crippen LogP contribution in [-0.2, 0) is 12.5 Å². The topological polar surface area (TPSA) is 18.5 Å². The van der Waals surface area contributed by atoms with Gasteiger partial charge in [0, 0.05) is 15.9 Å². The quantitative estimate of drug-likeness (QED) is 0.706. The van der Waals surface area contributed by atoms with Crippen molar-refractivity contribution in [2.24, 2.45) is 0 Å². The van der Waals surface area contributed by atoms with Crippen molar-refractivity contribution in [3.05, 3.63) is 57.8 Å². The van der Waals surface area contributed by atoms with Crippen LogP contribution < -0.4 is 9.47 Å². The van der Waals surface area contributed by atoms with Gasteiger partial charge in [-0.1, -0.05) is 22.0 Å². The molecule has 0 amide bonds. The van der Waals surface area contributed by atoms with Crippen molar-refractivity contribution in [2.45, 2.75) is 12.5 Å². The van der Waals surface area contributed by atoms with Gasteiger partial charge in [0.25, 0.3) is 0 Å². The van der Waals surface area contributed by atoms with Crippen LogP contribution in [0.1, 0.15) is 11.1 Å². The first kappa shape index (κ1) is 15.1. The smallest absolute Gasteiger partial charge is 0.161 e. The number of hydrogen-bond acceptors (Lipinski definition) is 2. The van der Waals surface area contributed by atoms with Gasteiger partial charge in [0.2, 0.25) is 0 Å². The van der Waals surface area contributed by atoms with Crippen molar-refractivity contribution in [3.63, 3.8) is 0 Å². The molecule has 0 saturated heterocycles. The van der Waals surface area contributed by atoms with Crippen LogP contribution in [0.2, 0.25) is 0 Å². The van der Waals surface area contributed by atoms with Crippen LogP contribution in [0.3, 0.4) is 0 Å². The zero-order chi connectivity index (χ0) is 14.5. The molecule has 0 bridgehead atoms. The monoisotopic (exact) mass is 358 g/mol. The molecular formula is C15H13BrClFO2. The summed E-state index contributed by atoms with van der Waals surface area (Å²) >= 11 is 9.08. The lowest BCUT2D eigenvalue weighted by molar-refractivity contribution is 0.279. The molecule has 0 heterocycles. The molecule has 0 aromatic heterocycles. The lowest BCUT2D eigenvalue weighted by Crippen LogP contribution is -2.00. The fourth-order valence-corrected chi connectivity index (χ4v) is 2.30. The fourth-order valence-electron chi connectivity index (χ4n) is 1.72. The molecule has 106 valence electrons. The van der Waals surface area contributed by atoms with Gasteiger partial charge in [0.05, 0.1) is 7.11 Å². The van der Waals surface area contributed by atoms with Crippen LogP contribution in [0.5, 0.6) is 11.5 Å². The third-order valence-corrected chi connectivity index (χ3v) is 3.58. The summed E-state index contributed by atoms with van der Waals surface area (Å²) in [6.45, 7) is 0.127. The van der Waals surface area contributed by atoms with Crippen LogP contribution in [0.25, 0.3) is 0 Å². The first-order valence-electron chi connectivity index (χ1n) is 5.93. The second kappa shape index (κ2) is 6.95. The Bertz CT molecular complexity index is 604. The van der Waals surface area contributed by atoms with Crippen molar-refractivity contribution >= 4 is 27.5 Å². The maximum absolute atomic E-state index is 13.6. The summed E-state index contributed by atoms with van der Waals surface area (Å²) in [7, 11) is 1.56. The summed E-state index contributed by atoms with van der Waals surface area (Å²) in [5.41, 5.74) is 1.41. The van der Waals surface area contributed by atoms with E-state index in [1.165, 1.54) is 6.07 Å². The molecule has 20 heavy (non-hydrogen) atoms. The van der Waals surface area contributed by atoms with E-state index in [0.29, 0.717) is 22.9 Å². The predicted molar refractivity (Wildman–Crippen MR) is 81.0 cm³/mol. The molecular weight excluding hydrogens is 347 g/mol. The third kappa shape index (κ3) is 3.64. The van der Waals surface area contributed by atoms with Crippen LogP contribution in [0.4, 0.5) is 4.39 Å². The Labute approximate surface area is 130 Å². The molecule has 2 rings (SSSR count). The van der Waals surface area contributed by atoms with E-state index in [-0.39, 0.29) is 12.4 Å². The Morgan fingerprint density at radius 2 is 1.95 bits per heavy atom. The minimum atomic E-state index is -0.301. The minimum absolute atomic E-state index is 0.127. The van der Waals surface area contributed by atoms with E-state index in [9.17, 15) is 4.39 Å². The standard InChI is InChI=1S/C15H13BrClFO2/c1-19-15-6-10(8-17)2-5-14(15)20-9-11-7-12(16)3-4-13(11)18/h2-7H,8-9H2,1H3. The minimum Gasteiger partial charge on any atom is -0.493 e. The van der Waals surface area contributed by atoms with Crippen molar-refractivity contribution in [2.75, 3.05) is 7.11 Å². The molecule has 0 fully saturated rings. The number of halogens is 3. The molecule has 0 radical (unpaired) electrons. The molecule has 0 unspecified atom stereocenters. The Morgan fingerprint density at radius 1 is 1.15 bits per heavy atom. The van der Waals surface area contributed by atoms with Crippen LogP contribution in [0.15, 0.2) is 40.9 Å². The van der Waals surface area contributed by atoms with E-state index in [1.54, 1.807) is 31.4 Å². The summed E-state index contributed by atoms with van der Waals surface area (Å²) in [4.78, 5) is 0. The molecule has 0 aliphatic carbocycles. The number of rotatable bonds is 5. The summed E-state index contributed by atoms with van der Waals surface area (Å²) in [6, 6.07) is 10.2. The van der Waals surface area contributed by atoms with E-state index in [1.807, 2.05) is 6.07 Å². The molecule has 2 nitrogen and oxygen atoms in total. The van der Waals surface area contributed by atoms with Gasteiger partial charge in [-0.25, -0.2) is 4.39 Å². The summed E-state index contributed by atoms with van der Waals surface area (Å²) < 4.78 is 25.3. The van der Waals surface area contributed by atoms with Gasteiger partial charge in [0.15, 0.2) is 11.5 Å². The average molecular weight is 360 g/mol. The largest absolute Gasteiger partial charge is 0.493 e. The maximum atomic E-state index is 13.6. The molecule has 0 saturated carbocycles. The molecule has 0 aliphatic heterocycles. The maximum Gasteiger partial charge on any atom is 0.161 e. The molecule has 0 atom stereocenters. The molecule has 2 aromatic carbocycles. The normalized spacial score (nSPS) is 10.4. The number of hydrogen-bond donors (Lipinski definition) is 0. The van der Waals surface area contributed by atoms with E-state index in [4.69, 9.17) is 21.1 Å². The van der Waals surface area contributed by atoms with E-state index in [2.05, 4.69) is 15.9 Å². The summed E-state index contributed by atoms with van der Waals surface area (Å²) in [6.07, 6.45) is 0.